The van der Waals surface area contributed by atoms with Crippen LogP contribution >= 0.6 is 0 Å². The minimum absolute atomic E-state index is 0.186. The Labute approximate surface area is 120 Å². The van der Waals surface area contributed by atoms with Crippen molar-refractivity contribution in [2.24, 2.45) is 0 Å². The molecule has 1 aliphatic rings. The van der Waals surface area contributed by atoms with E-state index in [4.69, 9.17) is 9.84 Å². The fraction of sp³-hybridized carbons (Fsp3) is 0.462. The number of hydrogen-bond acceptors (Lipinski definition) is 5. The topological polar surface area (TPSA) is 89.1 Å². The van der Waals surface area contributed by atoms with Crippen LogP contribution in [0.4, 0.5) is 0 Å². The number of carboxylic acids is 1. The van der Waals surface area contributed by atoms with Crippen LogP contribution in [0, 0.1) is 0 Å². The lowest BCUT2D eigenvalue weighted by molar-refractivity contribution is -0.156. The van der Waals surface area contributed by atoms with Crippen molar-refractivity contribution < 1.29 is 14.6 Å². The van der Waals surface area contributed by atoms with Gasteiger partial charge in [-0.25, -0.2) is 14.3 Å². The summed E-state index contributed by atoms with van der Waals surface area (Å²) in [6, 6.07) is 5.37. The van der Waals surface area contributed by atoms with Crippen LogP contribution in [-0.2, 0) is 16.1 Å². The zero-order valence-corrected chi connectivity index (χ0v) is 11.4. The van der Waals surface area contributed by atoms with E-state index in [2.05, 4.69) is 5.10 Å². The number of morpholine rings is 1. The molecular weight excluding hydrogens is 276 g/mol. The molecule has 21 heavy (non-hydrogen) atoms. The molecule has 0 spiro atoms. The van der Waals surface area contributed by atoms with Gasteiger partial charge < -0.3 is 9.84 Å². The lowest BCUT2D eigenvalue weighted by Crippen LogP contribution is -2.47. The molecule has 8 nitrogen and oxygen atoms in total. The fourth-order valence-electron chi connectivity index (χ4n) is 2.40. The predicted octanol–water partition coefficient (Wildman–Crippen LogP) is -0.719. The first-order chi connectivity index (χ1) is 10.1. The highest BCUT2D eigenvalue weighted by atomic mass is 16.5. The maximum Gasteiger partial charge on any atom is 0.350 e. The number of fused-ring (bicyclic) bond motifs is 1. The number of aromatic nitrogens is 3. The van der Waals surface area contributed by atoms with Crippen molar-refractivity contribution in [2.75, 3.05) is 26.2 Å². The molecule has 2 aromatic heterocycles. The normalized spacial score (nSPS) is 19.9. The number of nitrogens with zero attached hydrogens (tertiary/aromatic N) is 4. The Morgan fingerprint density at radius 1 is 1.43 bits per heavy atom. The molecule has 0 aliphatic carbocycles. The molecule has 112 valence electrons. The highest BCUT2D eigenvalue weighted by Crippen LogP contribution is 2.05. The molecule has 0 amide bonds. The quantitative estimate of drug-likeness (QED) is 0.800. The van der Waals surface area contributed by atoms with E-state index in [9.17, 15) is 9.59 Å². The van der Waals surface area contributed by atoms with E-state index in [1.54, 1.807) is 18.3 Å². The van der Waals surface area contributed by atoms with Gasteiger partial charge in [-0.1, -0.05) is 6.07 Å². The molecule has 1 atom stereocenters. The molecule has 0 aromatic carbocycles. The minimum atomic E-state index is -0.954. The minimum Gasteiger partial charge on any atom is -0.479 e. The summed E-state index contributed by atoms with van der Waals surface area (Å²) in [5, 5.41) is 13.2. The van der Waals surface area contributed by atoms with Gasteiger partial charge in [0.2, 0.25) is 0 Å². The predicted molar refractivity (Wildman–Crippen MR) is 73.3 cm³/mol. The first kappa shape index (κ1) is 13.8. The van der Waals surface area contributed by atoms with Crippen molar-refractivity contribution >= 4 is 11.6 Å². The van der Waals surface area contributed by atoms with Crippen molar-refractivity contribution in [2.45, 2.75) is 12.6 Å². The highest BCUT2D eigenvalue weighted by Gasteiger charge is 2.26. The van der Waals surface area contributed by atoms with E-state index in [0.717, 1.165) is 0 Å². The third-order valence-electron chi connectivity index (χ3n) is 3.54. The van der Waals surface area contributed by atoms with Gasteiger partial charge in [0.1, 0.15) is 0 Å². The van der Waals surface area contributed by atoms with E-state index in [1.165, 1.54) is 9.08 Å². The second-order valence-corrected chi connectivity index (χ2v) is 4.93. The Kier molecular flexibility index (Phi) is 3.72. The third kappa shape index (κ3) is 2.81. The second-order valence-electron chi connectivity index (χ2n) is 4.93. The van der Waals surface area contributed by atoms with E-state index < -0.39 is 12.1 Å². The van der Waals surface area contributed by atoms with Gasteiger partial charge in [0.25, 0.3) is 0 Å². The zero-order chi connectivity index (χ0) is 14.8. The molecule has 1 aliphatic heterocycles. The molecular formula is C13H16N4O4. The molecule has 0 radical (unpaired) electrons. The molecule has 3 rings (SSSR count). The van der Waals surface area contributed by atoms with Gasteiger partial charge in [-0.2, -0.15) is 0 Å². The molecule has 3 heterocycles. The lowest BCUT2D eigenvalue weighted by Gasteiger charge is -2.30. The van der Waals surface area contributed by atoms with Crippen LogP contribution in [0.25, 0.3) is 5.65 Å². The summed E-state index contributed by atoms with van der Waals surface area (Å²) >= 11 is 0. The summed E-state index contributed by atoms with van der Waals surface area (Å²) in [6.07, 6.45) is 0.882. The van der Waals surface area contributed by atoms with Crippen molar-refractivity contribution in [3.8, 4) is 0 Å². The van der Waals surface area contributed by atoms with Crippen LogP contribution in [0.2, 0.25) is 0 Å². The summed E-state index contributed by atoms with van der Waals surface area (Å²) in [5.74, 6) is -0.954. The summed E-state index contributed by atoms with van der Waals surface area (Å²) in [7, 11) is 0. The second kappa shape index (κ2) is 5.66. The SMILES string of the molecule is O=C(O)C1CN(CCn2nc3ccccn3c2=O)CCO1. The first-order valence-corrected chi connectivity index (χ1v) is 6.76. The molecule has 1 unspecified atom stereocenters. The maximum atomic E-state index is 12.1. The number of rotatable bonds is 4. The number of carbonyl (C=O) groups is 1. The van der Waals surface area contributed by atoms with Gasteiger partial charge in [-0.05, 0) is 12.1 Å². The highest BCUT2D eigenvalue weighted by molar-refractivity contribution is 5.72. The third-order valence-corrected chi connectivity index (χ3v) is 3.54. The molecule has 1 N–H and O–H groups in total. The first-order valence-electron chi connectivity index (χ1n) is 6.76. The smallest absolute Gasteiger partial charge is 0.350 e. The summed E-state index contributed by atoms with van der Waals surface area (Å²) in [6.45, 7) is 2.37. The van der Waals surface area contributed by atoms with Crippen LogP contribution in [0.1, 0.15) is 0 Å². The number of pyridine rings is 1. The average Bonchev–Trinajstić information content (AvgIpc) is 2.82. The standard InChI is InChI=1S/C13H16N4O4/c18-12(19)10-9-15(7-8-21-10)5-6-17-13(20)16-4-2-1-3-11(16)14-17/h1-4,10H,5-9H2,(H,18,19). The lowest BCUT2D eigenvalue weighted by atomic mass is 10.3. The summed E-state index contributed by atoms with van der Waals surface area (Å²) in [4.78, 5) is 25.0. The number of aliphatic carboxylic acids is 1. The number of carboxylic acid groups (broad SMARTS) is 1. The van der Waals surface area contributed by atoms with Gasteiger partial charge in [-0.3, -0.25) is 9.30 Å². The molecule has 0 saturated carbocycles. The molecule has 2 aromatic rings. The van der Waals surface area contributed by atoms with Crippen molar-refractivity contribution in [3.63, 3.8) is 0 Å². The van der Waals surface area contributed by atoms with E-state index in [1.807, 2.05) is 11.0 Å². The Bertz CT molecular complexity index is 708. The maximum absolute atomic E-state index is 12.1. The van der Waals surface area contributed by atoms with Crippen LogP contribution in [0.15, 0.2) is 29.2 Å². The Hall–Kier alpha value is -2.19. The molecule has 8 heteroatoms. The van der Waals surface area contributed by atoms with Crippen LogP contribution < -0.4 is 5.69 Å². The molecule has 1 saturated heterocycles. The largest absolute Gasteiger partial charge is 0.479 e. The number of ether oxygens (including phenoxy) is 1. The zero-order valence-electron chi connectivity index (χ0n) is 11.4. The Morgan fingerprint density at radius 3 is 3.05 bits per heavy atom. The van der Waals surface area contributed by atoms with Crippen molar-refractivity contribution in [3.05, 3.63) is 34.9 Å². The van der Waals surface area contributed by atoms with Gasteiger partial charge in [0, 0.05) is 25.8 Å². The van der Waals surface area contributed by atoms with E-state index in [0.29, 0.717) is 38.4 Å². The Balaban J connectivity index is 1.68. The molecule has 0 bridgehead atoms. The van der Waals surface area contributed by atoms with Gasteiger partial charge in [-0.15, -0.1) is 5.10 Å². The van der Waals surface area contributed by atoms with E-state index >= 15 is 0 Å². The number of hydrogen-bond donors (Lipinski definition) is 1. The van der Waals surface area contributed by atoms with Crippen molar-refractivity contribution in [1.29, 1.82) is 0 Å². The summed E-state index contributed by atoms with van der Waals surface area (Å²) < 4.78 is 8.05. The Morgan fingerprint density at radius 2 is 2.29 bits per heavy atom. The summed E-state index contributed by atoms with van der Waals surface area (Å²) in [5.41, 5.74) is 0.418. The van der Waals surface area contributed by atoms with Gasteiger partial charge >= 0.3 is 11.7 Å². The van der Waals surface area contributed by atoms with Crippen LogP contribution in [0.5, 0.6) is 0 Å². The van der Waals surface area contributed by atoms with Crippen LogP contribution in [-0.4, -0.2) is 62.5 Å². The van der Waals surface area contributed by atoms with Gasteiger partial charge in [0.15, 0.2) is 11.8 Å². The monoisotopic (exact) mass is 292 g/mol. The average molecular weight is 292 g/mol. The van der Waals surface area contributed by atoms with E-state index in [-0.39, 0.29) is 5.69 Å². The van der Waals surface area contributed by atoms with Crippen molar-refractivity contribution in [1.82, 2.24) is 19.1 Å². The van der Waals surface area contributed by atoms with Crippen LogP contribution in [0.3, 0.4) is 0 Å². The molecule has 1 fully saturated rings. The fourth-order valence-corrected chi connectivity index (χ4v) is 2.40. The van der Waals surface area contributed by atoms with Gasteiger partial charge in [0.05, 0.1) is 13.2 Å².